The molecular weight excluding hydrogens is 226 g/mol. The molecule has 3 nitrogen and oxygen atoms in total. The molecule has 3 heteroatoms. The summed E-state index contributed by atoms with van der Waals surface area (Å²) in [6, 6.07) is 0.523. The fourth-order valence-electron chi connectivity index (χ4n) is 2.92. The van der Waals surface area contributed by atoms with Gasteiger partial charge in [-0.05, 0) is 31.6 Å². The van der Waals surface area contributed by atoms with Crippen LogP contribution in [0.4, 0.5) is 0 Å². The molecule has 2 N–H and O–H groups in total. The lowest BCUT2D eigenvalue weighted by atomic mass is 9.89. The van der Waals surface area contributed by atoms with Crippen molar-refractivity contribution in [2.24, 2.45) is 5.92 Å². The maximum Gasteiger partial charge on any atom is 0.0897 e. The second-order valence-corrected chi connectivity index (χ2v) is 5.93. The minimum atomic E-state index is -0.372. The van der Waals surface area contributed by atoms with E-state index in [2.05, 4.69) is 24.4 Å². The van der Waals surface area contributed by atoms with Crippen molar-refractivity contribution in [3.05, 3.63) is 12.2 Å². The molecule has 2 aliphatic carbocycles. The topological polar surface area (TPSA) is 41.5 Å². The highest BCUT2D eigenvalue weighted by Crippen LogP contribution is 2.25. The Kier molecular flexibility index (Phi) is 5.67. The van der Waals surface area contributed by atoms with Crippen LogP contribution in [0, 0.1) is 5.92 Å². The molecule has 0 radical (unpaired) electrons. The standard InChI is InChI=1S/C15H27NO2/c1-12-5-4-8-15(9-12)18-11-14(17)10-16-13-6-2-3-7-13/h2-3,12-17H,4-11H2,1H3. The first-order chi connectivity index (χ1) is 8.74. The number of aliphatic hydroxyl groups is 1. The van der Waals surface area contributed by atoms with Gasteiger partial charge in [-0.25, -0.2) is 0 Å². The van der Waals surface area contributed by atoms with E-state index < -0.39 is 0 Å². The van der Waals surface area contributed by atoms with Crippen LogP contribution in [0.15, 0.2) is 12.2 Å². The largest absolute Gasteiger partial charge is 0.389 e. The van der Waals surface area contributed by atoms with E-state index in [1.807, 2.05) is 0 Å². The summed E-state index contributed by atoms with van der Waals surface area (Å²) in [7, 11) is 0. The van der Waals surface area contributed by atoms with Crippen molar-refractivity contribution < 1.29 is 9.84 Å². The van der Waals surface area contributed by atoms with Crippen LogP contribution in [0.25, 0.3) is 0 Å². The molecule has 0 aliphatic heterocycles. The van der Waals surface area contributed by atoms with Crippen molar-refractivity contribution >= 4 is 0 Å². The van der Waals surface area contributed by atoms with E-state index in [4.69, 9.17) is 4.74 Å². The summed E-state index contributed by atoms with van der Waals surface area (Å²) >= 11 is 0. The fraction of sp³-hybridized carbons (Fsp3) is 0.867. The monoisotopic (exact) mass is 253 g/mol. The van der Waals surface area contributed by atoms with Crippen molar-refractivity contribution in [3.8, 4) is 0 Å². The Bertz CT molecular complexity index is 259. The van der Waals surface area contributed by atoms with Crippen LogP contribution in [0.1, 0.15) is 45.4 Å². The maximum absolute atomic E-state index is 9.90. The van der Waals surface area contributed by atoms with Crippen molar-refractivity contribution in [2.45, 2.75) is 63.7 Å². The highest BCUT2D eigenvalue weighted by atomic mass is 16.5. The second kappa shape index (κ2) is 7.27. The predicted octanol–water partition coefficient (Wildman–Crippen LogP) is 2.25. The van der Waals surface area contributed by atoms with E-state index in [0.717, 1.165) is 31.6 Å². The summed E-state index contributed by atoms with van der Waals surface area (Å²) in [6.07, 6.45) is 11.5. The lowest BCUT2D eigenvalue weighted by Crippen LogP contribution is -2.37. The van der Waals surface area contributed by atoms with Crippen molar-refractivity contribution in [2.75, 3.05) is 13.2 Å². The quantitative estimate of drug-likeness (QED) is 0.713. The Hall–Kier alpha value is -0.380. The first-order valence-corrected chi connectivity index (χ1v) is 7.42. The summed E-state index contributed by atoms with van der Waals surface area (Å²) in [5.41, 5.74) is 0. The van der Waals surface area contributed by atoms with Gasteiger partial charge in [0.25, 0.3) is 0 Å². The molecule has 0 spiro atoms. The molecule has 0 bridgehead atoms. The van der Waals surface area contributed by atoms with Crippen LogP contribution < -0.4 is 5.32 Å². The number of nitrogens with one attached hydrogen (secondary N) is 1. The first-order valence-electron chi connectivity index (χ1n) is 7.42. The van der Waals surface area contributed by atoms with E-state index in [-0.39, 0.29) is 6.10 Å². The summed E-state index contributed by atoms with van der Waals surface area (Å²) < 4.78 is 5.82. The van der Waals surface area contributed by atoms with E-state index in [9.17, 15) is 5.11 Å². The van der Waals surface area contributed by atoms with Gasteiger partial charge in [-0.15, -0.1) is 0 Å². The van der Waals surface area contributed by atoms with Crippen LogP contribution in [0.3, 0.4) is 0 Å². The van der Waals surface area contributed by atoms with Crippen molar-refractivity contribution in [3.63, 3.8) is 0 Å². The van der Waals surface area contributed by atoms with Gasteiger partial charge in [0.05, 0.1) is 18.8 Å². The lowest BCUT2D eigenvalue weighted by molar-refractivity contribution is -0.0311. The summed E-state index contributed by atoms with van der Waals surface area (Å²) in [5.74, 6) is 0.781. The lowest BCUT2D eigenvalue weighted by Gasteiger charge is -2.27. The third-order valence-corrected chi connectivity index (χ3v) is 4.06. The molecular formula is C15H27NO2. The zero-order valence-corrected chi connectivity index (χ0v) is 11.5. The number of hydrogen-bond acceptors (Lipinski definition) is 3. The van der Waals surface area contributed by atoms with Gasteiger partial charge in [-0.3, -0.25) is 0 Å². The van der Waals surface area contributed by atoms with Gasteiger partial charge in [0.2, 0.25) is 0 Å². The molecule has 0 aromatic heterocycles. The molecule has 1 fully saturated rings. The summed E-state index contributed by atoms with van der Waals surface area (Å²) in [5, 5.41) is 13.3. The Labute approximate surface area is 111 Å². The van der Waals surface area contributed by atoms with Gasteiger partial charge in [0.1, 0.15) is 0 Å². The Morgan fingerprint density at radius 1 is 1.33 bits per heavy atom. The predicted molar refractivity (Wildman–Crippen MR) is 73.5 cm³/mol. The number of ether oxygens (including phenoxy) is 1. The van der Waals surface area contributed by atoms with Crippen molar-refractivity contribution in [1.82, 2.24) is 5.32 Å². The average molecular weight is 253 g/mol. The molecule has 0 heterocycles. The Balaban J connectivity index is 1.54. The van der Waals surface area contributed by atoms with Crippen LogP contribution in [0.2, 0.25) is 0 Å². The van der Waals surface area contributed by atoms with Crippen LogP contribution in [-0.2, 0) is 4.74 Å². The zero-order valence-electron chi connectivity index (χ0n) is 11.5. The summed E-state index contributed by atoms with van der Waals surface area (Å²) in [4.78, 5) is 0. The van der Waals surface area contributed by atoms with Crippen LogP contribution in [-0.4, -0.2) is 36.5 Å². The Morgan fingerprint density at radius 2 is 2.11 bits per heavy atom. The molecule has 3 unspecified atom stereocenters. The minimum Gasteiger partial charge on any atom is -0.389 e. The normalized spacial score (nSPS) is 30.8. The van der Waals surface area contributed by atoms with Crippen LogP contribution in [0.5, 0.6) is 0 Å². The molecule has 2 rings (SSSR count). The van der Waals surface area contributed by atoms with Crippen molar-refractivity contribution in [1.29, 1.82) is 0 Å². The molecule has 0 aromatic carbocycles. The van der Waals surface area contributed by atoms with Gasteiger partial charge < -0.3 is 15.2 Å². The van der Waals surface area contributed by atoms with Gasteiger partial charge in [-0.2, -0.15) is 0 Å². The van der Waals surface area contributed by atoms with Crippen LogP contribution >= 0.6 is 0 Å². The fourth-order valence-corrected chi connectivity index (χ4v) is 2.92. The Morgan fingerprint density at radius 3 is 2.83 bits per heavy atom. The first kappa shape index (κ1) is 14.0. The number of hydrogen-bond donors (Lipinski definition) is 2. The highest BCUT2D eigenvalue weighted by Gasteiger charge is 2.20. The minimum absolute atomic E-state index is 0.372. The molecule has 2 aliphatic rings. The molecule has 18 heavy (non-hydrogen) atoms. The van der Waals surface area contributed by atoms with E-state index in [0.29, 0.717) is 25.3 Å². The summed E-state index contributed by atoms with van der Waals surface area (Å²) in [6.45, 7) is 3.42. The van der Waals surface area contributed by atoms with E-state index >= 15 is 0 Å². The van der Waals surface area contributed by atoms with Gasteiger partial charge in [0.15, 0.2) is 0 Å². The molecule has 1 saturated carbocycles. The number of aliphatic hydroxyl groups excluding tert-OH is 1. The zero-order chi connectivity index (χ0) is 12.8. The van der Waals surface area contributed by atoms with Gasteiger partial charge >= 0.3 is 0 Å². The molecule has 3 atom stereocenters. The smallest absolute Gasteiger partial charge is 0.0897 e. The SMILES string of the molecule is CC1CCCC(OCC(O)CNC2CC=CC2)C1. The molecule has 104 valence electrons. The van der Waals surface area contributed by atoms with E-state index in [1.165, 1.54) is 12.8 Å². The van der Waals surface area contributed by atoms with Gasteiger partial charge in [-0.1, -0.05) is 31.9 Å². The maximum atomic E-state index is 9.90. The molecule has 0 saturated heterocycles. The number of rotatable bonds is 6. The molecule has 0 amide bonds. The third-order valence-electron chi connectivity index (χ3n) is 4.06. The third kappa shape index (κ3) is 4.71. The molecule has 0 aromatic rings. The highest BCUT2D eigenvalue weighted by molar-refractivity contribution is 4.97. The van der Waals surface area contributed by atoms with E-state index in [1.54, 1.807) is 0 Å². The second-order valence-electron chi connectivity index (χ2n) is 5.93. The average Bonchev–Trinajstić information content (AvgIpc) is 2.87. The van der Waals surface area contributed by atoms with Gasteiger partial charge in [0, 0.05) is 12.6 Å².